The molecular formula is C15H15BrN6O2S2. The molecule has 0 fully saturated rings. The fourth-order valence-corrected chi connectivity index (χ4v) is 3.78. The van der Waals surface area contributed by atoms with Gasteiger partial charge in [0.25, 0.3) is 0 Å². The number of nitrogens with zero attached hydrogens (tertiary/aromatic N) is 4. The Morgan fingerprint density at radius 2 is 2.15 bits per heavy atom. The molecule has 3 rings (SSSR count). The SMILES string of the molecule is CC(C)c1nnc(NC(=O)CSc2nnc(Nc3cccc(Br)c3)s2)o1. The van der Waals surface area contributed by atoms with Gasteiger partial charge < -0.3 is 9.73 Å². The molecule has 0 atom stereocenters. The van der Waals surface area contributed by atoms with Crippen molar-refractivity contribution in [3.63, 3.8) is 0 Å². The summed E-state index contributed by atoms with van der Waals surface area (Å²) >= 11 is 6.08. The van der Waals surface area contributed by atoms with Crippen molar-refractivity contribution in [1.29, 1.82) is 0 Å². The number of carbonyl (C=O) groups excluding carboxylic acids is 1. The van der Waals surface area contributed by atoms with Gasteiger partial charge in [-0.2, -0.15) is 0 Å². The third-order valence-electron chi connectivity index (χ3n) is 2.99. The van der Waals surface area contributed by atoms with E-state index >= 15 is 0 Å². The van der Waals surface area contributed by atoms with Crippen molar-refractivity contribution in [2.75, 3.05) is 16.4 Å². The lowest BCUT2D eigenvalue weighted by Gasteiger charge is -2.01. The molecule has 26 heavy (non-hydrogen) atoms. The topological polar surface area (TPSA) is 106 Å². The molecule has 2 N–H and O–H groups in total. The molecule has 0 unspecified atom stereocenters. The lowest BCUT2D eigenvalue weighted by atomic mass is 10.2. The number of carbonyl (C=O) groups is 1. The van der Waals surface area contributed by atoms with Crippen molar-refractivity contribution in [1.82, 2.24) is 20.4 Å². The van der Waals surface area contributed by atoms with Crippen LogP contribution in [0.25, 0.3) is 0 Å². The van der Waals surface area contributed by atoms with Gasteiger partial charge in [0.2, 0.25) is 16.9 Å². The summed E-state index contributed by atoms with van der Waals surface area (Å²) < 4.78 is 7.00. The summed E-state index contributed by atoms with van der Waals surface area (Å²) in [5, 5.41) is 22.2. The Hall–Kier alpha value is -1.98. The predicted molar refractivity (Wildman–Crippen MR) is 105 cm³/mol. The molecular weight excluding hydrogens is 440 g/mol. The van der Waals surface area contributed by atoms with E-state index in [1.54, 1.807) is 0 Å². The zero-order valence-corrected chi connectivity index (χ0v) is 17.1. The van der Waals surface area contributed by atoms with Gasteiger partial charge in [0.15, 0.2) is 4.34 Å². The van der Waals surface area contributed by atoms with E-state index in [1.165, 1.54) is 23.1 Å². The van der Waals surface area contributed by atoms with Gasteiger partial charge in [0, 0.05) is 16.1 Å². The van der Waals surface area contributed by atoms with E-state index in [0.717, 1.165) is 10.2 Å². The van der Waals surface area contributed by atoms with Crippen LogP contribution in [0.4, 0.5) is 16.8 Å². The number of rotatable bonds is 7. The zero-order valence-electron chi connectivity index (χ0n) is 13.9. The molecule has 2 heterocycles. The standard InChI is InChI=1S/C15H15BrN6O2S2/c1-8(2)12-19-20-13(24-12)18-11(23)7-25-15-22-21-14(26-15)17-10-5-3-4-9(16)6-10/h3-6,8H,7H2,1-2H3,(H,17,21)(H,18,20,23). The largest absolute Gasteiger partial charge is 0.408 e. The average molecular weight is 455 g/mol. The van der Waals surface area contributed by atoms with Gasteiger partial charge in [-0.3, -0.25) is 10.1 Å². The van der Waals surface area contributed by atoms with Crippen LogP contribution in [0.15, 0.2) is 37.5 Å². The summed E-state index contributed by atoms with van der Waals surface area (Å²) in [7, 11) is 0. The first kappa shape index (κ1) is 18.8. The molecule has 0 spiro atoms. The minimum Gasteiger partial charge on any atom is -0.408 e. The van der Waals surface area contributed by atoms with Gasteiger partial charge in [-0.1, -0.05) is 64.0 Å². The van der Waals surface area contributed by atoms with Crippen LogP contribution in [0.1, 0.15) is 25.7 Å². The average Bonchev–Trinajstić information content (AvgIpc) is 3.22. The number of anilines is 3. The van der Waals surface area contributed by atoms with Gasteiger partial charge in [-0.15, -0.1) is 15.3 Å². The summed E-state index contributed by atoms with van der Waals surface area (Å²) in [4.78, 5) is 12.0. The number of amides is 1. The Morgan fingerprint density at radius 3 is 2.88 bits per heavy atom. The highest BCUT2D eigenvalue weighted by atomic mass is 79.9. The molecule has 0 saturated carbocycles. The maximum absolute atomic E-state index is 12.0. The minimum absolute atomic E-state index is 0.105. The highest BCUT2D eigenvalue weighted by molar-refractivity contribution is 9.10. The van der Waals surface area contributed by atoms with E-state index in [4.69, 9.17) is 4.42 Å². The molecule has 0 aliphatic heterocycles. The Bertz CT molecular complexity index is 898. The third kappa shape index (κ3) is 5.26. The highest BCUT2D eigenvalue weighted by Gasteiger charge is 2.13. The van der Waals surface area contributed by atoms with Crippen molar-refractivity contribution in [3.05, 3.63) is 34.6 Å². The lowest BCUT2D eigenvalue weighted by molar-refractivity contribution is -0.113. The van der Waals surface area contributed by atoms with Crippen LogP contribution in [-0.2, 0) is 4.79 Å². The Balaban J connectivity index is 1.50. The van der Waals surface area contributed by atoms with E-state index in [9.17, 15) is 4.79 Å². The van der Waals surface area contributed by atoms with Crippen LogP contribution in [0.3, 0.4) is 0 Å². The van der Waals surface area contributed by atoms with Crippen molar-refractivity contribution < 1.29 is 9.21 Å². The van der Waals surface area contributed by atoms with Crippen molar-refractivity contribution >= 4 is 61.8 Å². The Kier molecular flexibility index (Phi) is 6.22. The van der Waals surface area contributed by atoms with Crippen LogP contribution < -0.4 is 10.6 Å². The maximum atomic E-state index is 12.0. The fraction of sp³-hybridized carbons (Fsp3) is 0.267. The van der Waals surface area contributed by atoms with Crippen LogP contribution in [0.2, 0.25) is 0 Å². The summed E-state index contributed by atoms with van der Waals surface area (Å²) in [6.45, 7) is 3.87. The molecule has 136 valence electrons. The van der Waals surface area contributed by atoms with E-state index in [1.807, 2.05) is 38.1 Å². The smallest absolute Gasteiger partial charge is 0.322 e. The van der Waals surface area contributed by atoms with Gasteiger partial charge in [0.05, 0.1) is 5.75 Å². The van der Waals surface area contributed by atoms with Gasteiger partial charge in [-0.25, -0.2) is 0 Å². The van der Waals surface area contributed by atoms with Crippen LogP contribution in [-0.4, -0.2) is 32.1 Å². The second-order valence-corrected chi connectivity index (χ2v) is 8.56. The van der Waals surface area contributed by atoms with E-state index in [0.29, 0.717) is 15.4 Å². The zero-order chi connectivity index (χ0) is 18.5. The first-order valence-corrected chi connectivity index (χ1v) is 10.2. The fourth-order valence-electron chi connectivity index (χ4n) is 1.81. The normalized spacial score (nSPS) is 10.9. The number of hydrogen-bond donors (Lipinski definition) is 2. The number of benzene rings is 1. The highest BCUT2D eigenvalue weighted by Crippen LogP contribution is 2.28. The number of halogens is 1. The van der Waals surface area contributed by atoms with Crippen LogP contribution in [0.5, 0.6) is 0 Å². The summed E-state index contributed by atoms with van der Waals surface area (Å²) in [5.74, 6) is 0.524. The van der Waals surface area contributed by atoms with Gasteiger partial charge in [0.1, 0.15) is 0 Å². The summed E-state index contributed by atoms with van der Waals surface area (Å²) in [5.41, 5.74) is 0.905. The molecule has 0 aliphatic rings. The lowest BCUT2D eigenvalue weighted by Crippen LogP contribution is -2.14. The number of thioether (sulfide) groups is 1. The Labute approximate surface area is 166 Å². The van der Waals surface area contributed by atoms with E-state index in [-0.39, 0.29) is 23.6 Å². The van der Waals surface area contributed by atoms with Gasteiger partial charge >= 0.3 is 6.01 Å². The second-order valence-electron chi connectivity index (χ2n) is 5.45. The molecule has 11 heteroatoms. The number of nitrogens with one attached hydrogen (secondary N) is 2. The first-order valence-electron chi connectivity index (χ1n) is 7.62. The minimum atomic E-state index is -0.245. The summed E-state index contributed by atoms with van der Waals surface area (Å²) in [6, 6.07) is 7.85. The number of hydrogen-bond acceptors (Lipinski definition) is 9. The molecule has 0 saturated heterocycles. The predicted octanol–water partition coefficient (Wildman–Crippen LogP) is 4.28. The molecule has 0 aliphatic carbocycles. The molecule has 1 amide bonds. The van der Waals surface area contributed by atoms with Crippen molar-refractivity contribution in [2.45, 2.75) is 24.1 Å². The monoisotopic (exact) mass is 454 g/mol. The first-order chi connectivity index (χ1) is 12.5. The molecule has 2 aromatic heterocycles. The molecule has 1 aromatic carbocycles. The van der Waals surface area contributed by atoms with Crippen molar-refractivity contribution in [3.8, 4) is 0 Å². The van der Waals surface area contributed by atoms with Crippen molar-refractivity contribution in [2.24, 2.45) is 0 Å². The third-order valence-corrected chi connectivity index (χ3v) is 5.46. The summed E-state index contributed by atoms with van der Waals surface area (Å²) in [6.07, 6.45) is 0. The maximum Gasteiger partial charge on any atom is 0.322 e. The van der Waals surface area contributed by atoms with Gasteiger partial charge in [-0.05, 0) is 18.2 Å². The molecule has 0 bridgehead atoms. The Morgan fingerprint density at radius 1 is 1.31 bits per heavy atom. The molecule has 0 radical (unpaired) electrons. The molecule has 8 nitrogen and oxygen atoms in total. The van der Waals surface area contributed by atoms with Crippen LogP contribution >= 0.6 is 39.0 Å². The molecule has 3 aromatic rings. The second kappa shape index (κ2) is 8.60. The quantitative estimate of drug-likeness (QED) is 0.509. The van der Waals surface area contributed by atoms with E-state index < -0.39 is 0 Å². The van der Waals surface area contributed by atoms with Crippen LogP contribution in [0, 0.1) is 0 Å². The number of aromatic nitrogens is 4. The van der Waals surface area contributed by atoms with E-state index in [2.05, 4.69) is 47.0 Å².